The Bertz CT molecular complexity index is 1340. The normalized spacial score (nSPS) is 12.3. The molecule has 3 aromatic rings. The highest BCUT2D eigenvalue weighted by Crippen LogP contribution is 2.30. The zero-order chi connectivity index (χ0) is 24.9. The minimum Gasteiger partial charge on any atom is -0.352 e. The van der Waals surface area contributed by atoms with Gasteiger partial charge in [0.15, 0.2) is 0 Å². The van der Waals surface area contributed by atoms with E-state index in [2.05, 4.69) is 10.6 Å². The second-order valence-electron chi connectivity index (χ2n) is 7.74. The van der Waals surface area contributed by atoms with Crippen molar-refractivity contribution in [3.63, 3.8) is 0 Å². The van der Waals surface area contributed by atoms with Gasteiger partial charge in [-0.05, 0) is 30.2 Å². The zero-order valence-corrected chi connectivity index (χ0v) is 18.4. The first-order valence-corrected chi connectivity index (χ1v) is 10.7. The molecule has 0 saturated carbocycles. The van der Waals surface area contributed by atoms with Gasteiger partial charge in [-0.25, -0.2) is 0 Å². The Kier molecular flexibility index (Phi) is 6.63. The number of carbonyl (C=O) groups excluding carboxylic acids is 4. The summed E-state index contributed by atoms with van der Waals surface area (Å²) in [6.45, 7) is -0.271. The summed E-state index contributed by atoms with van der Waals surface area (Å²) in [5.41, 5.74) is 0.518. The highest BCUT2D eigenvalue weighted by molar-refractivity contribution is 6.24. The van der Waals surface area contributed by atoms with Crippen LogP contribution in [0.25, 0.3) is 0 Å². The summed E-state index contributed by atoms with van der Waals surface area (Å²) in [6.07, 6.45) is 0.632. The molecule has 0 atom stereocenters. The first-order chi connectivity index (χ1) is 16.9. The Balaban J connectivity index is 1.42. The van der Waals surface area contributed by atoms with E-state index in [0.29, 0.717) is 17.9 Å². The molecule has 4 rings (SSSR count). The van der Waals surface area contributed by atoms with Crippen LogP contribution in [0, 0.1) is 10.1 Å². The predicted octanol–water partition coefficient (Wildman–Crippen LogP) is 2.80. The molecule has 0 aliphatic carbocycles. The fraction of sp³-hybridized carbons (Fsp3) is 0.120. The van der Waals surface area contributed by atoms with Crippen LogP contribution in [0.2, 0.25) is 0 Å². The quantitative estimate of drug-likeness (QED) is 0.294. The number of rotatable bonds is 8. The molecular formula is C25H20N4O6. The van der Waals surface area contributed by atoms with E-state index in [0.717, 1.165) is 11.6 Å². The Morgan fingerprint density at radius 2 is 1.60 bits per heavy atom. The highest BCUT2D eigenvalue weighted by Gasteiger charge is 2.41. The van der Waals surface area contributed by atoms with Gasteiger partial charge in [-0.2, -0.15) is 0 Å². The molecule has 4 amide bonds. The SMILES string of the molecule is O=C(CN1C(=O)c2cccc([N+](=O)[O-])c2C1=O)Nc1ccccc1C(=O)NCCc1ccccc1. The van der Waals surface area contributed by atoms with Gasteiger partial charge in [-0.15, -0.1) is 0 Å². The molecule has 1 aliphatic heterocycles. The van der Waals surface area contributed by atoms with Gasteiger partial charge < -0.3 is 10.6 Å². The molecule has 0 spiro atoms. The third-order valence-electron chi connectivity index (χ3n) is 5.46. The largest absolute Gasteiger partial charge is 0.352 e. The number of benzene rings is 3. The fourth-order valence-corrected chi connectivity index (χ4v) is 3.80. The molecule has 0 unspecified atom stereocenters. The van der Waals surface area contributed by atoms with E-state index in [9.17, 15) is 29.3 Å². The average molecular weight is 472 g/mol. The number of nitrogens with zero attached hydrogens (tertiary/aromatic N) is 2. The van der Waals surface area contributed by atoms with Crippen molar-refractivity contribution in [2.45, 2.75) is 6.42 Å². The van der Waals surface area contributed by atoms with E-state index < -0.39 is 40.8 Å². The molecule has 0 bridgehead atoms. The number of para-hydroxylation sites is 1. The molecule has 1 aliphatic rings. The molecule has 0 radical (unpaired) electrons. The molecule has 0 saturated heterocycles. The van der Waals surface area contributed by atoms with Gasteiger partial charge in [0.1, 0.15) is 12.1 Å². The summed E-state index contributed by atoms with van der Waals surface area (Å²) in [4.78, 5) is 61.8. The summed E-state index contributed by atoms with van der Waals surface area (Å²) in [5, 5.41) is 16.6. The Labute approximate surface area is 199 Å². The minimum atomic E-state index is -0.917. The summed E-state index contributed by atoms with van der Waals surface area (Å²) >= 11 is 0. The monoisotopic (exact) mass is 472 g/mol. The van der Waals surface area contributed by atoms with Gasteiger partial charge in [0.2, 0.25) is 5.91 Å². The molecule has 0 fully saturated rings. The maximum atomic E-state index is 12.7. The van der Waals surface area contributed by atoms with Crippen LogP contribution in [0.3, 0.4) is 0 Å². The third-order valence-corrected chi connectivity index (χ3v) is 5.46. The second-order valence-corrected chi connectivity index (χ2v) is 7.74. The van der Waals surface area contributed by atoms with Crippen molar-refractivity contribution in [3.8, 4) is 0 Å². The first kappa shape index (κ1) is 23.3. The number of hydrogen-bond donors (Lipinski definition) is 2. The van der Waals surface area contributed by atoms with Crippen molar-refractivity contribution in [2.24, 2.45) is 0 Å². The van der Waals surface area contributed by atoms with Gasteiger partial charge in [0, 0.05) is 12.6 Å². The van der Waals surface area contributed by atoms with Crippen molar-refractivity contribution >= 4 is 35.0 Å². The van der Waals surface area contributed by atoms with Crippen LogP contribution in [0.5, 0.6) is 0 Å². The van der Waals surface area contributed by atoms with Crippen molar-refractivity contribution < 1.29 is 24.1 Å². The molecule has 10 heteroatoms. The van der Waals surface area contributed by atoms with E-state index in [-0.39, 0.29) is 22.4 Å². The fourth-order valence-electron chi connectivity index (χ4n) is 3.80. The second kappa shape index (κ2) is 9.96. The van der Waals surface area contributed by atoms with Crippen molar-refractivity contribution in [1.29, 1.82) is 0 Å². The number of anilines is 1. The Hall–Kier alpha value is -4.86. The lowest BCUT2D eigenvalue weighted by atomic mass is 10.1. The van der Waals surface area contributed by atoms with Gasteiger partial charge in [-0.1, -0.05) is 48.5 Å². The Morgan fingerprint density at radius 1 is 0.886 bits per heavy atom. The summed E-state index contributed by atoms with van der Waals surface area (Å²) in [6, 6.07) is 19.7. The molecule has 1 heterocycles. The van der Waals surface area contributed by atoms with Crippen LogP contribution in [-0.4, -0.2) is 46.5 Å². The van der Waals surface area contributed by atoms with E-state index in [1.54, 1.807) is 18.2 Å². The van der Waals surface area contributed by atoms with Gasteiger partial charge in [0.25, 0.3) is 23.4 Å². The lowest BCUT2D eigenvalue weighted by Gasteiger charge is -2.15. The number of amides is 4. The molecule has 35 heavy (non-hydrogen) atoms. The topological polar surface area (TPSA) is 139 Å². The summed E-state index contributed by atoms with van der Waals surface area (Å²) in [5.74, 6) is -2.84. The van der Waals surface area contributed by atoms with Gasteiger partial charge >= 0.3 is 0 Å². The highest BCUT2D eigenvalue weighted by atomic mass is 16.6. The predicted molar refractivity (Wildman–Crippen MR) is 126 cm³/mol. The maximum Gasteiger partial charge on any atom is 0.282 e. The van der Waals surface area contributed by atoms with E-state index in [4.69, 9.17) is 0 Å². The maximum absolute atomic E-state index is 12.7. The standard InChI is InChI=1S/C25H20N4O6/c30-21(15-28-24(32)18-10-6-12-20(29(34)35)22(18)25(28)33)27-19-11-5-4-9-17(19)23(31)26-14-13-16-7-2-1-3-8-16/h1-12H,13-15H2,(H,26,31)(H,27,30). The van der Waals surface area contributed by atoms with Crippen LogP contribution in [0.4, 0.5) is 11.4 Å². The lowest BCUT2D eigenvalue weighted by Crippen LogP contribution is -2.37. The number of hydrogen-bond acceptors (Lipinski definition) is 6. The van der Waals surface area contributed by atoms with Gasteiger partial charge in [-0.3, -0.25) is 34.2 Å². The van der Waals surface area contributed by atoms with Crippen molar-refractivity contribution in [1.82, 2.24) is 10.2 Å². The smallest absolute Gasteiger partial charge is 0.282 e. The summed E-state index contributed by atoms with van der Waals surface area (Å²) < 4.78 is 0. The minimum absolute atomic E-state index is 0.129. The molecular weight excluding hydrogens is 452 g/mol. The van der Waals surface area contributed by atoms with Crippen LogP contribution < -0.4 is 10.6 Å². The zero-order valence-electron chi connectivity index (χ0n) is 18.4. The first-order valence-electron chi connectivity index (χ1n) is 10.7. The van der Waals surface area contributed by atoms with Crippen LogP contribution in [0.15, 0.2) is 72.8 Å². The average Bonchev–Trinajstić information content (AvgIpc) is 3.09. The number of fused-ring (bicyclic) bond motifs is 1. The lowest BCUT2D eigenvalue weighted by molar-refractivity contribution is -0.385. The van der Waals surface area contributed by atoms with E-state index >= 15 is 0 Å². The molecule has 3 aromatic carbocycles. The molecule has 176 valence electrons. The van der Waals surface area contributed by atoms with Crippen molar-refractivity contribution in [2.75, 3.05) is 18.4 Å². The van der Waals surface area contributed by atoms with E-state index in [1.807, 2.05) is 30.3 Å². The number of nitrogens with one attached hydrogen (secondary N) is 2. The number of imide groups is 1. The molecule has 10 nitrogen and oxygen atoms in total. The third kappa shape index (κ3) is 4.91. The molecule has 0 aromatic heterocycles. The number of carbonyl (C=O) groups is 4. The van der Waals surface area contributed by atoms with Gasteiger partial charge in [0.05, 0.1) is 21.7 Å². The van der Waals surface area contributed by atoms with E-state index in [1.165, 1.54) is 18.2 Å². The number of nitro groups is 1. The molecule has 2 N–H and O–H groups in total. The summed E-state index contributed by atoms with van der Waals surface area (Å²) in [7, 11) is 0. The van der Waals surface area contributed by atoms with Crippen molar-refractivity contribution in [3.05, 3.63) is 105 Å². The van der Waals surface area contributed by atoms with Crippen LogP contribution in [0.1, 0.15) is 36.6 Å². The van der Waals surface area contributed by atoms with Crippen LogP contribution >= 0.6 is 0 Å². The van der Waals surface area contributed by atoms with Crippen LogP contribution in [-0.2, 0) is 11.2 Å². The number of nitro benzene ring substituents is 1. The Morgan fingerprint density at radius 3 is 2.34 bits per heavy atom.